The molecule has 6 heteroatoms. The van der Waals surface area contributed by atoms with E-state index in [0.717, 1.165) is 12.8 Å². The molecule has 14 heavy (non-hydrogen) atoms. The monoisotopic (exact) mass is 221 g/mol. The van der Waals surface area contributed by atoms with Crippen molar-refractivity contribution in [2.45, 2.75) is 38.0 Å². The predicted octanol–water partition coefficient (Wildman–Crippen LogP) is 0.274. The third-order valence-corrected chi connectivity index (χ3v) is 4.90. The first kappa shape index (κ1) is 11.5. The zero-order chi connectivity index (χ0) is 10.9. The number of hydrogen-bond acceptors (Lipinski definition) is 3. The quantitative estimate of drug-likeness (QED) is 0.742. The van der Waals surface area contributed by atoms with Crippen LogP contribution in [0.25, 0.3) is 0 Å². The van der Waals surface area contributed by atoms with Crippen LogP contribution in [0.15, 0.2) is 0 Å². The normalized spacial score (nSPS) is 26.3. The maximum absolute atomic E-state index is 11.7. The summed E-state index contributed by atoms with van der Waals surface area (Å²) < 4.78 is 24.8. The summed E-state index contributed by atoms with van der Waals surface area (Å²) in [5.74, 6) is -1.29. The van der Waals surface area contributed by atoms with Gasteiger partial charge in [0.1, 0.15) is 0 Å². The Morgan fingerprint density at radius 1 is 1.57 bits per heavy atom. The molecule has 0 bridgehead atoms. The zero-order valence-electron chi connectivity index (χ0n) is 8.30. The highest BCUT2D eigenvalue weighted by Crippen LogP contribution is 2.22. The smallest absolute Gasteiger partial charge is 0.323 e. The molecule has 0 spiro atoms. The maximum atomic E-state index is 11.7. The van der Waals surface area contributed by atoms with E-state index in [9.17, 15) is 13.2 Å². The van der Waals surface area contributed by atoms with Crippen molar-refractivity contribution in [2.24, 2.45) is 0 Å². The molecule has 0 radical (unpaired) electrons. The van der Waals surface area contributed by atoms with Crippen LogP contribution in [0.5, 0.6) is 0 Å². The highest BCUT2D eigenvalue weighted by Gasteiger charge is 2.38. The number of hydrogen-bond donors (Lipinski definition) is 1. The lowest BCUT2D eigenvalue weighted by Crippen LogP contribution is -2.42. The van der Waals surface area contributed by atoms with Crippen LogP contribution in [-0.4, -0.2) is 41.6 Å². The molecule has 1 aliphatic heterocycles. The number of sulfonamides is 1. The summed E-state index contributed by atoms with van der Waals surface area (Å²) in [6, 6.07) is -0.0678. The molecule has 82 valence electrons. The van der Waals surface area contributed by atoms with Gasteiger partial charge in [-0.1, -0.05) is 0 Å². The van der Waals surface area contributed by atoms with Crippen molar-refractivity contribution in [3.05, 3.63) is 0 Å². The van der Waals surface area contributed by atoms with Crippen molar-refractivity contribution >= 4 is 16.0 Å². The van der Waals surface area contributed by atoms with Gasteiger partial charge in [-0.15, -0.1) is 0 Å². The molecular weight excluding hydrogens is 206 g/mol. The van der Waals surface area contributed by atoms with Gasteiger partial charge in [0, 0.05) is 12.6 Å². The average Bonchev–Trinajstić information content (AvgIpc) is 2.50. The van der Waals surface area contributed by atoms with Crippen molar-refractivity contribution in [1.82, 2.24) is 4.31 Å². The number of aliphatic carboxylic acids is 1. The van der Waals surface area contributed by atoms with Gasteiger partial charge in [-0.3, -0.25) is 4.79 Å². The summed E-state index contributed by atoms with van der Waals surface area (Å²) in [7, 11) is -3.65. The van der Waals surface area contributed by atoms with Crippen molar-refractivity contribution in [3.63, 3.8) is 0 Å². The fraction of sp³-hybridized carbons (Fsp3) is 0.875. The molecule has 0 aromatic rings. The van der Waals surface area contributed by atoms with E-state index in [4.69, 9.17) is 5.11 Å². The fourth-order valence-electron chi connectivity index (χ4n) is 1.62. The van der Waals surface area contributed by atoms with Crippen molar-refractivity contribution < 1.29 is 18.3 Å². The second-order valence-electron chi connectivity index (χ2n) is 3.63. The summed E-state index contributed by atoms with van der Waals surface area (Å²) in [6.45, 7) is 3.46. The van der Waals surface area contributed by atoms with Crippen LogP contribution in [0.4, 0.5) is 0 Å². The minimum absolute atomic E-state index is 0.0678. The third kappa shape index (κ3) is 1.90. The van der Waals surface area contributed by atoms with Crippen LogP contribution in [0.3, 0.4) is 0 Å². The summed E-state index contributed by atoms with van der Waals surface area (Å²) >= 11 is 0. The second-order valence-corrected chi connectivity index (χ2v) is 5.83. The van der Waals surface area contributed by atoms with Gasteiger partial charge >= 0.3 is 5.97 Å². The SMILES string of the molecule is CC1CCCN1S(=O)(=O)C(C)C(=O)O. The molecule has 0 aromatic heterocycles. The molecule has 1 fully saturated rings. The lowest BCUT2D eigenvalue weighted by Gasteiger charge is -2.22. The van der Waals surface area contributed by atoms with Gasteiger partial charge in [-0.2, -0.15) is 4.31 Å². The van der Waals surface area contributed by atoms with Crippen molar-refractivity contribution in [1.29, 1.82) is 0 Å². The van der Waals surface area contributed by atoms with Gasteiger partial charge in [-0.25, -0.2) is 8.42 Å². The minimum atomic E-state index is -3.65. The van der Waals surface area contributed by atoms with Gasteiger partial charge < -0.3 is 5.11 Å². The molecule has 0 saturated carbocycles. The predicted molar refractivity (Wildman–Crippen MR) is 51.4 cm³/mol. The topological polar surface area (TPSA) is 74.7 Å². The molecule has 2 atom stereocenters. The molecule has 0 aliphatic carbocycles. The first-order valence-electron chi connectivity index (χ1n) is 4.61. The Bertz CT molecular complexity index is 324. The molecular formula is C8H15NO4S. The Kier molecular flexibility index (Phi) is 3.16. The molecule has 1 rings (SSSR count). The summed E-state index contributed by atoms with van der Waals surface area (Å²) in [4.78, 5) is 10.6. The Hall–Kier alpha value is -0.620. The van der Waals surface area contributed by atoms with Crippen LogP contribution in [-0.2, 0) is 14.8 Å². The Balaban J connectivity index is 2.90. The van der Waals surface area contributed by atoms with Crippen LogP contribution < -0.4 is 0 Å². The molecule has 1 saturated heterocycles. The van der Waals surface area contributed by atoms with Gasteiger partial charge in [0.15, 0.2) is 5.25 Å². The van der Waals surface area contributed by atoms with Crippen LogP contribution in [0.1, 0.15) is 26.7 Å². The second kappa shape index (κ2) is 3.86. The molecule has 2 unspecified atom stereocenters. The molecule has 1 aliphatic rings. The van der Waals surface area contributed by atoms with E-state index in [1.807, 2.05) is 0 Å². The molecule has 1 N–H and O–H groups in total. The van der Waals surface area contributed by atoms with Crippen LogP contribution in [0, 0.1) is 0 Å². The number of carboxylic acid groups (broad SMARTS) is 1. The highest BCUT2D eigenvalue weighted by atomic mass is 32.2. The van der Waals surface area contributed by atoms with E-state index >= 15 is 0 Å². The van der Waals surface area contributed by atoms with E-state index < -0.39 is 21.2 Å². The largest absolute Gasteiger partial charge is 0.480 e. The van der Waals surface area contributed by atoms with E-state index in [1.54, 1.807) is 6.92 Å². The molecule has 0 amide bonds. The number of nitrogens with zero attached hydrogens (tertiary/aromatic N) is 1. The van der Waals surface area contributed by atoms with Crippen LogP contribution in [0.2, 0.25) is 0 Å². The number of rotatable bonds is 3. The molecule has 5 nitrogen and oxygen atoms in total. The lowest BCUT2D eigenvalue weighted by molar-refractivity contribution is -0.136. The van der Waals surface area contributed by atoms with E-state index in [2.05, 4.69) is 0 Å². The minimum Gasteiger partial charge on any atom is -0.480 e. The van der Waals surface area contributed by atoms with Gasteiger partial charge in [-0.05, 0) is 26.7 Å². The van der Waals surface area contributed by atoms with E-state index in [1.165, 1.54) is 11.2 Å². The first-order chi connectivity index (χ1) is 6.37. The summed E-state index contributed by atoms with van der Waals surface area (Å²) in [6.07, 6.45) is 1.62. The fourth-order valence-corrected chi connectivity index (χ4v) is 3.27. The standard InChI is InChI=1S/C8H15NO4S/c1-6-4-3-5-9(6)14(12,13)7(2)8(10)11/h6-7H,3-5H2,1-2H3,(H,10,11). The van der Waals surface area contributed by atoms with Gasteiger partial charge in [0.25, 0.3) is 0 Å². The van der Waals surface area contributed by atoms with E-state index in [-0.39, 0.29) is 6.04 Å². The zero-order valence-corrected chi connectivity index (χ0v) is 9.12. The first-order valence-corrected chi connectivity index (χ1v) is 6.11. The van der Waals surface area contributed by atoms with Crippen LogP contribution >= 0.6 is 0 Å². The van der Waals surface area contributed by atoms with Gasteiger partial charge in [0.05, 0.1) is 0 Å². The lowest BCUT2D eigenvalue weighted by atomic mass is 10.3. The Morgan fingerprint density at radius 2 is 2.14 bits per heavy atom. The molecule has 1 heterocycles. The number of carbonyl (C=O) groups is 1. The van der Waals surface area contributed by atoms with Gasteiger partial charge in [0.2, 0.25) is 10.0 Å². The summed E-state index contributed by atoms with van der Waals surface area (Å²) in [5.41, 5.74) is 0. The number of carboxylic acids is 1. The molecule has 0 aromatic carbocycles. The van der Waals surface area contributed by atoms with E-state index in [0.29, 0.717) is 6.54 Å². The summed E-state index contributed by atoms with van der Waals surface area (Å²) in [5, 5.41) is 7.31. The third-order valence-electron chi connectivity index (χ3n) is 2.61. The maximum Gasteiger partial charge on any atom is 0.323 e. The Morgan fingerprint density at radius 3 is 2.50 bits per heavy atom. The highest BCUT2D eigenvalue weighted by molar-refractivity contribution is 7.90. The average molecular weight is 221 g/mol. The van der Waals surface area contributed by atoms with Crippen molar-refractivity contribution in [2.75, 3.05) is 6.54 Å². The Labute approximate surface area is 83.8 Å². The van der Waals surface area contributed by atoms with Crippen molar-refractivity contribution in [3.8, 4) is 0 Å².